The molecule has 0 radical (unpaired) electrons. The number of benzene rings is 1. The maximum Gasteiger partial charge on any atom is 0.243 e. The van der Waals surface area contributed by atoms with E-state index in [4.69, 9.17) is 11.6 Å². The van der Waals surface area contributed by atoms with Crippen LogP contribution >= 0.6 is 11.6 Å². The monoisotopic (exact) mass is 276 g/mol. The van der Waals surface area contributed by atoms with Crippen molar-refractivity contribution in [2.45, 2.75) is 31.7 Å². The molecule has 1 atom stereocenters. The normalized spacial score (nSPS) is 13.3. The first-order valence-corrected chi connectivity index (χ1v) is 6.61. The third-order valence-corrected chi connectivity index (χ3v) is 3.10. The summed E-state index contributed by atoms with van der Waals surface area (Å²) in [4.78, 5) is 16.3. The molecule has 0 aliphatic heterocycles. The topological polar surface area (TPSA) is 42.0 Å². The average molecular weight is 277 g/mol. The van der Waals surface area contributed by atoms with Crippen LogP contribution in [0.25, 0.3) is 10.9 Å². The average Bonchev–Trinajstić information content (AvgIpc) is 2.35. The van der Waals surface area contributed by atoms with Crippen LogP contribution in [0.5, 0.6) is 0 Å². The lowest BCUT2D eigenvalue weighted by Gasteiger charge is -2.22. The molecular formula is C15H17ClN2O. The molecule has 1 unspecified atom stereocenters. The van der Waals surface area contributed by atoms with Crippen LogP contribution in [0.15, 0.2) is 36.5 Å². The number of carbonyl (C=O) groups is 1. The van der Waals surface area contributed by atoms with Crippen LogP contribution in [-0.2, 0) is 4.79 Å². The van der Waals surface area contributed by atoms with Crippen LogP contribution in [0.1, 0.15) is 31.7 Å². The molecule has 1 N–H and O–H groups in total. The highest BCUT2D eigenvalue weighted by Gasteiger charge is 2.22. The predicted octanol–water partition coefficient (Wildman–Crippen LogP) is 3.43. The summed E-state index contributed by atoms with van der Waals surface area (Å²) in [7, 11) is 0. The molecule has 0 saturated heterocycles. The number of nitrogens with zero attached hydrogens (tertiary/aromatic N) is 1. The minimum absolute atomic E-state index is 0.183. The summed E-state index contributed by atoms with van der Waals surface area (Å²) in [5, 5.41) is 3.17. The molecule has 0 aliphatic rings. The minimum atomic E-state index is -0.691. The fourth-order valence-corrected chi connectivity index (χ4v) is 2.03. The Balaban J connectivity index is 2.26. The highest BCUT2D eigenvalue weighted by molar-refractivity contribution is 6.31. The van der Waals surface area contributed by atoms with Gasteiger partial charge < -0.3 is 5.32 Å². The number of aromatic nitrogens is 1. The summed E-state index contributed by atoms with van der Waals surface area (Å²) >= 11 is 6.23. The highest BCUT2D eigenvalue weighted by atomic mass is 35.5. The van der Waals surface area contributed by atoms with Gasteiger partial charge in [0.2, 0.25) is 5.91 Å². The molecule has 1 aromatic heterocycles. The molecular weight excluding hydrogens is 260 g/mol. The second-order valence-corrected chi connectivity index (χ2v) is 5.99. The Morgan fingerprint density at radius 1 is 1.32 bits per heavy atom. The van der Waals surface area contributed by atoms with E-state index < -0.39 is 5.38 Å². The molecule has 2 rings (SSSR count). The van der Waals surface area contributed by atoms with Crippen LogP contribution in [0.4, 0.5) is 0 Å². The number of nitrogens with one attached hydrogen (secondary N) is 1. The van der Waals surface area contributed by atoms with Gasteiger partial charge in [0.1, 0.15) is 5.38 Å². The number of halogens is 1. The molecule has 0 fully saturated rings. The summed E-state index contributed by atoms with van der Waals surface area (Å²) in [6.07, 6.45) is 1.74. The van der Waals surface area contributed by atoms with Gasteiger partial charge in [-0.05, 0) is 44.5 Å². The van der Waals surface area contributed by atoms with Gasteiger partial charge in [0.15, 0.2) is 0 Å². The van der Waals surface area contributed by atoms with Crippen molar-refractivity contribution < 1.29 is 4.79 Å². The Morgan fingerprint density at radius 2 is 2.05 bits per heavy atom. The molecule has 0 saturated carbocycles. The molecule has 0 bridgehead atoms. The van der Waals surface area contributed by atoms with Crippen LogP contribution in [0.3, 0.4) is 0 Å². The zero-order chi connectivity index (χ0) is 14.0. The third-order valence-electron chi connectivity index (χ3n) is 2.65. The van der Waals surface area contributed by atoms with Crippen molar-refractivity contribution in [1.82, 2.24) is 10.3 Å². The van der Waals surface area contributed by atoms with E-state index in [1.165, 1.54) is 0 Å². The first-order chi connectivity index (χ1) is 8.87. The van der Waals surface area contributed by atoms with E-state index in [1.54, 1.807) is 6.20 Å². The van der Waals surface area contributed by atoms with Crippen molar-refractivity contribution in [2.75, 3.05) is 0 Å². The standard InChI is InChI=1S/C15H17ClN2O/c1-15(2,3)18-14(19)13(16)11-6-7-12-10(9-11)5-4-8-17-12/h4-9,13H,1-3H3,(H,18,19). The van der Waals surface area contributed by atoms with Gasteiger partial charge in [0.05, 0.1) is 5.52 Å². The Kier molecular flexibility index (Phi) is 3.76. The molecule has 1 heterocycles. The number of hydrogen-bond acceptors (Lipinski definition) is 2. The Hall–Kier alpha value is -1.61. The smallest absolute Gasteiger partial charge is 0.243 e. The molecule has 19 heavy (non-hydrogen) atoms. The van der Waals surface area contributed by atoms with E-state index in [-0.39, 0.29) is 11.4 Å². The van der Waals surface area contributed by atoms with E-state index in [2.05, 4.69) is 10.3 Å². The van der Waals surface area contributed by atoms with Crippen molar-refractivity contribution >= 4 is 28.4 Å². The quantitative estimate of drug-likeness (QED) is 0.854. The van der Waals surface area contributed by atoms with E-state index in [1.807, 2.05) is 51.1 Å². The van der Waals surface area contributed by atoms with Gasteiger partial charge in [-0.3, -0.25) is 9.78 Å². The van der Waals surface area contributed by atoms with E-state index in [9.17, 15) is 4.79 Å². The van der Waals surface area contributed by atoms with Crippen LogP contribution in [0.2, 0.25) is 0 Å². The zero-order valence-electron chi connectivity index (χ0n) is 11.3. The van der Waals surface area contributed by atoms with Gasteiger partial charge in [-0.2, -0.15) is 0 Å². The van der Waals surface area contributed by atoms with Crippen molar-refractivity contribution in [1.29, 1.82) is 0 Å². The first-order valence-electron chi connectivity index (χ1n) is 6.17. The van der Waals surface area contributed by atoms with Crippen molar-refractivity contribution in [2.24, 2.45) is 0 Å². The number of rotatable bonds is 2. The van der Waals surface area contributed by atoms with E-state index in [0.29, 0.717) is 0 Å². The predicted molar refractivity (Wildman–Crippen MR) is 78.2 cm³/mol. The molecule has 2 aromatic rings. The number of alkyl halides is 1. The lowest BCUT2D eigenvalue weighted by molar-refractivity contribution is -0.122. The number of pyridine rings is 1. The van der Waals surface area contributed by atoms with Crippen molar-refractivity contribution in [3.05, 3.63) is 42.1 Å². The summed E-state index contributed by atoms with van der Waals surface area (Å²) < 4.78 is 0. The molecule has 1 aromatic carbocycles. The van der Waals surface area contributed by atoms with Crippen LogP contribution < -0.4 is 5.32 Å². The zero-order valence-corrected chi connectivity index (χ0v) is 12.0. The molecule has 100 valence electrons. The minimum Gasteiger partial charge on any atom is -0.350 e. The summed E-state index contributed by atoms with van der Waals surface area (Å²) in [5.41, 5.74) is 1.39. The second kappa shape index (κ2) is 5.17. The van der Waals surface area contributed by atoms with Gasteiger partial charge in [-0.25, -0.2) is 0 Å². The largest absolute Gasteiger partial charge is 0.350 e. The lowest BCUT2D eigenvalue weighted by Crippen LogP contribution is -2.42. The SMILES string of the molecule is CC(C)(C)NC(=O)C(Cl)c1ccc2ncccc2c1. The third kappa shape index (κ3) is 3.44. The number of fused-ring (bicyclic) bond motifs is 1. The maximum atomic E-state index is 12.0. The van der Waals surface area contributed by atoms with E-state index >= 15 is 0 Å². The van der Waals surface area contributed by atoms with Gasteiger partial charge in [0, 0.05) is 17.1 Å². The van der Waals surface area contributed by atoms with Crippen molar-refractivity contribution in [3.8, 4) is 0 Å². The van der Waals surface area contributed by atoms with Gasteiger partial charge in [0.25, 0.3) is 0 Å². The summed E-state index contributed by atoms with van der Waals surface area (Å²) in [5.74, 6) is -0.183. The number of carbonyl (C=O) groups excluding carboxylic acids is 1. The fraction of sp³-hybridized carbons (Fsp3) is 0.333. The fourth-order valence-electron chi connectivity index (χ4n) is 1.84. The van der Waals surface area contributed by atoms with Gasteiger partial charge in [-0.15, -0.1) is 11.6 Å². The number of amides is 1. The molecule has 1 amide bonds. The molecule has 0 spiro atoms. The second-order valence-electron chi connectivity index (χ2n) is 5.56. The summed E-state index contributed by atoms with van der Waals surface area (Å²) in [6, 6.07) is 9.45. The number of hydrogen-bond donors (Lipinski definition) is 1. The Morgan fingerprint density at radius 3 is 2.74 bits per heavy atom. The Labute approximate surface area is 118 Å². The molecule has 4 heteroatoms. The van der Waals surface area contributed by atoms with Crippen LogP contribution in [0, 0.1) is 0 Å². The summed E-state index contributed by atoms with van der Waals surface area (Å²) in [6.45, 7) is 5.79. The van der Waals surface area contributed by atoms with Crippen LogP contribution in [-0.4, -0.2) is 16.4 Å². The first kappa shape index (κ1) is 13.8. The molecule has 3 nitrogen and oxygen atoms in total. The van der Waals surface area contributed by atoms with Gasteiger partial charge >= 0.3 is 0 Å². The van der Waals surface area contributed by atoms with Crippen molar-refractivity contribution in [3.63, 3.8) is 0 Å². The van der Waals surface area contributed by atoms with E-state index in [0.717, 1.165) is 16.5 Å². The molecule has 0 aliphatic carbocycles. The highest BCUT2D eigenvalue weighted by Crippen LogP contribution is 2.24. The van der Waals surface area contributed by atoms with Gasteiger partial charge in [-0.1, -0.05) is 12.1 Å². The maximum absolute atomic E-state index is 12.0. The lowest BCUT2D eigenvalue weighted by atomic mass is 10.1. The Bertz CT molecular complexity index is 604.